The number of aromatic nitrogens is 1. The topological polar surface area (TPSA) is 30.0 Å². The number of aryl methyl sites for hydroxylation is 1. The van der Waals surface area contributed by atoms with Gasteiger partial charge in [0.2, 0.25) is 0 Å². The molecule has 0 N–H and O–H groups in total. The average Bonchev–Trinajstić information content (AvgIpc) is 2.56. The van der Waals surface area contributed by atoms with Gasteiger partial charge in [0.1, 0.15) is 0 Å². The first-order chi connectivity index (χ1) is 10.2. The summed E-state index contributed by atoms with van der Waals surface area (Å²) in [6.45, 7) is 2.00. The van der Waals surface area contributed by atoms with E-state index in [1.54, 1.807) is 12.4 Å². The van der Waals surface area contributed by atoms with Gasteiger partial charge in [0.15, 0.2) is 5.78 Å². The van der Waals surface area contributed by atoms with E-state index in [2.05, 4.69) is 17.1 Å². The molecule has 2 heteroatoms. The molecule has 108 valence electrons. The largest absolute Gasteiger partial charge is 0.293 e. The molecule has 0 bridgehead atoms. The first kappa shape index (κ1) is 14.0. The Labute approximate surface area is 126 Å². The predicted octanol–water partition coefficient (Wildman–Crippen LogP) is 4.47. The molecule has 0 unspecified atom stereocenters. The van der Waals surface area contributed by atoms with Crippen LogP contribution in [0.15, 0.2) is 48.8 Å². The molecule has 1 aliphatic rings. The molecule has 2 nitrogen and oxygen atoms in total. The van der Waals surface area contributed by atoms with Crippen molar-refractivity contribution in [3.63, 3.8) is 0 Å². The van der Waals surface area contributed by atoms with Crippen LogP contribution in [0, 0.1) is 6.92 Å². The molecule has 0 radical (unpaired) electrons. The van der Waals surface area contributed by atoms with Crippen molar-refractivity contribution in [3.05, 3.63) is 65.5 Å². The maximum atomic E-state index is 13.3. The van der Waals surface area contributed by atoms with E-state index in [1.807, 2.05) is 31.2 Å². The lowest BCUT2D eigenvalue weighted by molar-refractivity contribution is 0.0838. The van der Waals surface area contributed by atoms with Crippen LogP contribution >= 0.6 is 0 Å². The number of hydrogen-bond donors (Lipinski definition) is 0. The van der Waals surface area contributed by atoms with Crippen molar-refractivity contribution in [1.29, 1.82) is 0 Å². The second-order valence-corrected chi connectivity index (χ2v) is 6.03. The van der Waals surface area contributed by atoms with Crippen LogP contribution in [0.2, 0.25) is 0 Å². The van der Waals surface area contributed by atoms with E-state index in [-0.39, 0.29) is 11.2 Å². The lowest BCUT2D eigenvalue weighted by atomic mass is 9.65. The third kappa shape index (κ3) is 2.51. The highest BCUT2D eigenvalue weighted by Gasteiger charge is 2.41. The van der Waals surface area contributed by atoms with Crippen molar-refractivity contribution in [1.82, 2.24) is 4.98 Å². The van der Waals surface area contributed by atoms with Crippen molar-refractivity contribution in [2.45, 2.75) is 44.4 Å². The summed E-state index contributed by atoms with van der Waals surface area (Å²) in [4.78, 5) is 17.5. The average molecular weight is 279 g/mol. The van der Waals surface area contributed by atoms with E-state index in [1.165, 1.54) is 6.42 Å². The van der Waals surface area contributed by atoms with Crippen molar-refractivity contribution < 1.29 is 4.79 Å². The van der Waals surface area contributed by atoms with Crippen LogP contribution in [0.5, 0.6) is 0 Å². The summed E-state index contributed by atoms with van der Waals surface area (Å²) < 4.78 is 0. The molecule has 1 aromatic carbocycles. The Kier molecular flexibility index (Phi) is 3.87. The zero-order valence-corrected chi connectivity index (χ0v) is 12.5. The van der Waals surface area contributed by atoms with E-state index >= 15 is 0 Å². The van der Waals surface area contributed by atoms with Gasteiger partial charge in [0.25, 0.3) is 0 Å². The molecular formula is C19H21NO. The molecule has 21 heavy (non-hydrogen) atoms. The summed E-state index contributed by atoms with van der Waals surface area (Å²) in [6, 6.07) is 12.2. The highest BCUT2D eigenvalue weighted by atomic mass is 16.1. The number of carbonyl (C=O) groups is 1. The van der Waals surface area contributed by atoms with E-state index < -0.39 is 0 Å². The Balaban J connectivity index is 2.08. The second kappa shape index (κ2) is 5.80. The summed E-state index contributed by atoms with van der Waals surface area (Å²) >= 11 is 0. The molecule has 0 spiro atoms. The zero-order chi connectivity index (χ0) is 14.7. The Morgan fingerprint density at radius 1 is 1.05 bits per heavy atom. The van der Waals surface area contributed by atoms with Gasteiger partial charge < -0.3 is 0 Å². The Hall–Kier alpha value is -1.96. The highest BCUT2D eigenvalue weighted by Crippen LogP contribution is 2.42. The fourth-order valence-electron chi connectivity index (χ4n) is 3.52. The molecular weight excluding hydrogens is 258 g/mol. The van der Waals surface area contributed by atoms with E-state index in [0.717, 1.165) is 42.4 Å². The minimum Gasteiger partial charge on any atom is -0.293 e. The third-order valence-electron chi connectivity index (χ3n) is 4.75. The maximum Gasteiger partial charge on any atom is 0.175 e. The van der Waals surface area contributed by atoms with Crippen LogP contribution in [-0.4, -0.2) is 10.8 Å². The molecule has 0 saturated heterocycles. The van der Waals surface area contributed by atoms with Gasteiger partial charge in [-0.2, -0.15) is 0 Å². The molecule has 1 aliphatic carbocycles. The number of nitrogens with zero attached hydrogens (tertiary/aromatic N) is 1. The first-order valence-electron chi connectivity index (χ1n) is 7.75. The minimum atomic E-state index is -0.354. The van der Waals surface area contributed by atoms with E-state index in [4.69, 9.17) is 0 Å². The SMILES string of the molecule is Cc1ccncc1C(=O)C1(c2ccccc2)CCCCC1. The van der Waals surface area contributed by atoms with E-state index in [0.29, 0.717) is 0 Å². The van der Waals surface area contributed by atoms with Crippen molar-refractivity contribution in [2.24, 2.45) is 0 Å². The summed E-state index contributed by atoms with van der Waals surface area (Å²) in [5, 5.41) is 0. The number of pyridine rings is 1. The summed E-state index contributed by atoms with van der Waals surface area (Å²) in [6.07, 6.45) is 8.86. The van der Waals surface area contributed by atoms with Gasteiger partial charge in [0.05, 0.1) is 5.41 Å². The number of rotatable bonds is 3. The van der Waals surface area contributed by atoms with Gasteiger partial charge in [-0.25, -0.2) is 0 Å². The third-order valence-corrected chi connectivity index (χ3v) is 4.75. The fraction of sp³-hybridized carbons (Fsp3) is 0.368. The lowest BCUT2D eigenvalue weighted by Gasteiger charge is -2.36. The Morgan fingerprint density at radius 2 is 1.76 bits per heavy atom. The lowest BCUT2D eigenvalue weighted by Crippen LogP contribution is -2.38. The van der Waals surface area contributed by atoms with Gasteiger partial charge in [-0.3, -0.25) is 9.78 Å². The van der Waals surface area contributed by atoms with Crippen molar-refractivity contribution >= 4 is 5.78 Å². The number of benzene rings is 1. The van der Waals surface area contributed by atoms with Crippen LogP contribution in [-0.2, 0) is 5.41 Å². The number of ketones is 1. The van der Waals surface area contributed by atoms with Crippen LogP contribution in [0.25, 0.3) is 0 Å². The normalized spacial score (nSPS) is 17.4. The smallest absolute Gasteiger partial charge is 0.175 e. The molecule has 3 rings (SSSR count). The summed E-state index contributed by atoms with van der Waals surface area (Å²) in [7, 11) is 0. The molecule has 0 atom stereocenters. The van der Waals surface area contributed by atoms with Gasteiger partial charge in [-0.05, 0) is 37.0 Å². The number of hydrogen-bond acceptors (Lipinski definition) is 2. The summed E-state index contributed by atoms with van der Waals surface area (Å²) in [5.41, 5.74) is 2.62. The van der Waals surface area contributed by atoms with E-state index in [9.17, 15) is 4.79 Å². The molecule has 1 fully saturated rings. The van der Waals surface area contributed by atoms with Crippen LogP contribution < -0.4 is 0 Å². The molecule has 1 aromatic heterocycles. The highest BCUT2D eigenvalue weighted by molar-refractivity contribution is 6.05. The van der Waals surface area contributed by atoms with Gasteiger partial charge in [-0.15, -0.1) is 0 Å². The summed E-state index contributed by atoms with van der Waals surface area (Å²) in [5.74, 6) is 0.249. The molecule has 1 heterocycles. The number of Topliss-reactive ketones (excluding diaryl/α,β-unsaturated/α-hetero) is 1. The molecule has 0 aliphatic heterocycles. The molecule has 0 amide bonds. The Morgan fingerprint density at radius 3 is 2.43 bits per heavy atom. The van der Waals surface area contributed by atoms with Crippen LogP contribution in [0.3, 0.4) is 0 Å². The Bertz CT molecular complexity index is 627. The first-order valence-corrected chi connectivity index (χ1v) is 7.75. The predicted molar refractivity (Wildman–Crippen MR) is 84.5 cm³/mol. The second-order valence-electron chi connectivity index (χ2n) is 6.03. The minimum absolute atomic E-state index is 0.249. The van der Waals surface area contributed by atoms with Crippen molar-refractivity contribution in [3.8, 4) is 0 Å². The zero-order valence-electron chi connectivity index (χ0n) is 12.5. The fourth-order valence-corrected chi connectivity index (χ4v) is 3.52. The van der Waals surface area contributed by atoms with Gasteiger partial charge >= 0.3 is 0 Å². The quantitative estimate of drug-likeness (QED) is 0.776. The van der Waals surface area contributed by atoms with Gasteiger partial charge in [0, 0.05) is 18.0 Å². The monoisotopic (exact) mass is 279 g/mol. The molecule has 1 saturated carbocycles. The van der Waals surface area contributed by atoms with Crippen molar-refractivity contribution in [2.75, 3.05) is 0 Å². The van der Waals surface area contributed by atoms with Crippen LogP contribution in [0.4, 0.5) is 0 Å². The molecule has 2 aromatic rings. The van der Waals surface area contributed by atoms with Gasteiger partial charge in [-0.1, -0.05) is 49.6 Å². The number of carbonyl (C=O) groups excluding carboxylic acids is 1. The van der Waals surface area contributed by atoms with Crippen LogP contribution in [0.1, 0.15) is 53.6 Å². The maximum absolute atomic E-state index is 13.3. The standard InChI is InChI=1S/C19H21NO/c1-15-10-13-20-14-17(15)18(21)19(11-6-3-7-12-19)16-8-4-2-5-9-16/h2,4-5,8-10,13-14H,3,6-7,11-12H2,1H3.